The molecule has 0 saturated carbocycles. The number of carbonyl (C=O) groups is 2. The van der Waals surface area contributed by atoms with Crippen molar-refractivity contribution in [3.8, 4) is 11.8 Å². The van der Waals surface area contributed by atoms with Crippen molar-refractivity contribution in [1.29, 1.82) is 5.26 Å². The molecule has 6 nitrogen and oxygen atoms in total. The Labute approximate surface area is 104 Å². The first kappa shape index (κ1) is 13.5. The molecule has 0 aliphatic heterocycles. The zero-order chi connectivity index (χ0) is 13.5. The number of nitrogens with one attached hydrogen (secondary N) is 1. The quantitative estimate of drug-likeness (QED) is 0.784. The average molecular weight is 248 g/mol. The zero-order valence-corrected chi connectivity index (χ0v) is 9.77. The lowest BCUT2D eigenvalue weighted by Gasteiger charge is -2.08. The van der Waals surface area contributed by atoms with Crippen molar-refractivity contribution in [2.45, 2.75) is 13.3 Å². The second-order valence-electron chi connectivity index (χ2n) is 3.43. The smallest absolute Gasteiger partial charge is 0.394 e. The predicted octanol–water partition coefficient (Wildman–Crippen LogP) is 1.37. The molecule has 0 aromatic heterocycles. The van der Waals surface area contributed by atoms with Gasteiger partial charge in [-0.05, 0) is 18.6 Å². The number of anilines is 1. The van der Waals surface area contributed by atoms with Gasteiger partial charge in [-0.2, -0.15) is 5.26 Å². The minimum Gasteiger partial charge on any atom is -0.494 e. The Bertz CT molecular complexity index is 505. The first-order chi connectivity index (χ1) is 8.58. The Kier molecular flexibility index (Phi) is 4.69. The molecule has 0 unspecified atom stereocenters. The Hall–Kier alpha value is -2.55. The summed E-state index contributed by atoms with van der Waals surface area (Å²) >= 11 is 0. The molecular weight excluding hydrogens is 236 g/mol. The fourth-order valence-electron chi connectivity index (χ4n) is 1.21. The third-order valence-corrected chi connectivity index (χ3v) is 2.03. The summed E-state index contributed by atoms with van der Waals surface area (Å²) < 4.78 is 5.33. The van der Waals surface area contributed by atoms with E-state index in [4.69, 9.17) is 15.1 Å². The number of carboxylic acids is 1. The highest BCUT2D eigenvalue weighted by Crippen LogP contribution is 2.22. The van der Waals surface area contributed by atoms with Crippen LogP contribution in [-0.4, -0.2) is 23.6 Å². The van der Waals surface area contributed by atoms with E-state index in [9.17, 15) is 9.59 Å². The van der Waals surface area contributed by atoms with Crippen LogP contribution in [0.5, 0.6) is 5.75 Å². The van der Waals surface area contributed by atoms with Crippen LogP contribution in [0.25, 0.3) is 0 Å². The van der Waals surface area contributed by atoms with Crippen molar-refractivity contribution in [1.82, 2.24) is 0 Å². The maximum Gasteiger partial charge on any atom is 0.394 e. The second-order valence-corrected chi connectivity index (χ2v) is 3.43. The van der Waals surface area contributed by atoms with E-state index in [1.165, 1.54) is 12.1 Å². The van der Waals surface area contributed by atoms with Gasteiger partial charge in [0.15, 0.2) is 0 Å². The van der Waals surface area contributed by atoms with Gasteiger partial charge in [0, 0.05) is 6.07 Å². The number of rotatable bonds is 4. The van der Waals surface area contributed by atoms with Gasteiger partial charge in [-0.3, -0.25) is 4.79 Å². The molecule has 18 heavy (non-hydrogen) atoms. The molecule has 1 amide bonds. The molecule has 1 rings (SSSR count). The third-order valence-electron chi connectivity index (χ3n) is 2.03. The Morgan fingerprint density at radius 2 is 2.22 bits per heavy atom. The van der Waals surface area contributed by atoms with E-state index in [1.807, 2.05) is 13.0 Å². The zero-order valence-electron chi connectivity index (χ0n) is 9.77. The van der Waals surface area contributed by atoms with Crippen molar-refractivity contribution in [3.63, 3.8) is 0 Å². The van der Waals surface area contributed by atoms with Crippen LogP contribution in [0.3, 0.4) is 0 Å². The van der Waals surface area contributed by atoms with Gasteiger partial charge in [0.1, 0.15) is 11.8 Å². The first-order valence-corrected chi connectivity index (χ1v) is 5.29. The molecule has 6 heteroatoms. The van der Waals surface area contributed by atoms with E-state index in [1.54, 1.807) is 6.07 Å². The van der Waals surface area contributed by atoms with Crippen LogP contribution in [0, 0.1) is 11.3 Å². The molecule has 0 saturated heterocycles. The minimum absolute atomic E-state index is 0.124. The average Bonchev–Trinajstić information content (AvgIpc) is 2.36. The molecule has 0 aliphatic carbocycles. The first-order valence-electron chi connectivity index (χ1n) is 5.29. The van der Waals surface area contributed by atoms with Gasteiger partial charge in [0.25, 0.3) is 0 Å². The summed E-state index contributed by atoms with van der Waals surface area (Å²) in [6, 6.07) is 6.33. The fourth-order valence-corrected chi connectivity index (χ4v) is 1.21. The highest BCUT2D eigenvalue weighted by molar-refractivity contribution is 6.36. The van der Waals surface area contributed by atoms with E-state index in [0.717, 1.165) is 6.42 Å². The summed E-state index contributed by atoms with van der Waals surface area (Å²) in [5.74, 6) is -2.34. The molecule has 0 radical (unpaired) electrons. The normalized spacial score (nSPS) is 9.33. The summed E-state index contributed by atoms with van der Waals surface area (Å²) in [4.78, 5) is 21.5. The van der Waals surface area contributed by atoms with Crippen LogP contribution in [0.2, 0.25) is 0 Å². The molecule has 1 aromatic carbocycles. The maximum absolute atomic E-state index is 11.0. The van der Waals surface area contributed by atoms with E-state index < -0.39 is 11.9 Å². The van der Waals surface area contributed by atoms with Gasteiger partial charge in [-0.1, -0.05) is 6.92 Å². The monoisotopic (exact) mass is 248 g/mol. The summed E-state index contributed by atoms with van der Waals surface area (Å²) in [6.07, 6.45) is 0.816. The van der Waals surface area contributed by atoms with Crippen molar-refractivity contribution in [2.24, 2.45) is 0 Å². The third kappa shape index (κ3) is 3.49. The fraction of sp³-hybridized carbons (Fsp3) is 0.250. The molecule has 2 N–H and O–H groups in total. The number of carboxylic acid groups (broad SMARTS) is 1. The van der Waals surface area contributed by atoms with Gasteiger partial charge in [-0.25, -0.2) is 4.79 Å². The van der Waals surface area contributed by atoms with Crippen LogP contribution in [0.4, 0.5) is 5.69 Å². The number of hydrogen-bond acceptors (Lipinski definition) is 4. The van der Waals surface area contributed by atoms with Gasteiger partial charge in [-0.15, -0.1) is 0 Å². The van der Waals surface area contributed by atoms with E-state index in [0.29, 0.717) is 12.4 Å². The van der Waals surface area contributed by atoms with Crippen molar-refractivity contribution in [2.75, 3.05) is 11.9 Å². The Balaban J connectivity index is 2.96. The lowest BCUT2D eigenvalue weighted by Crippen LogP contribution is -2.22. The Morgan fingerprint density at radius 1 is 1.50 bits per heavy atom. The van der Waals surface area contributed by atoms with Crippen molar-refractivity contribution >= 4 is 17.6 Å². The highest BCUT2D eigenvalue weighted by Gasteiger charge is 2.14. The lowest BCUT2D eigenvalue weighted by molar-refractivity contribution is -0.147. The molecule has 0 atom stereocenters. The predicted molar refractivity (Wildman–Crippen MR) is 63.2 cm³/mol. The summed E-state index contributed by atoms with van der Waals surface area (Å²) in [6.45, 7) is 2.44. The van der Waals surface area contributed by atoms with Gasteiger partial charge < -0.3 is 15.2 Å². The number of nitriles is 1. The minimum atomic E-state index is -1.61. The summed E-state index contributed by atoms with van der Waals surface area (Å²) in [5.41, 5.74) is 0.298. The number of amides is 1. The number of carbonyl (C=O) groups excluding carboxylic acids is 1. The van der Waals surface area contributed by atoms with Crippen LogP contribution in [0.15, 0.2) is 18.2 Å². The number of ether oxygens (including phenoxy) is 1. The van der Waals surface area contributed by atoms with E-state index >= 15 is 0 Å². The number of hydrogen-bond donors (Lipinski definition) is 2. The maximum atomic E-state index is 11.0. The SMILES string of the molecule is CCCOc1ccc(C#N)c(NC(=O)C(=O)O)c1. The van der Waals surface area contributed by atoms with Crippen LogP contribution >= 0.6 is 0 Å². The molecule has 0 fully saturated rings. The summed E-state index contributed by atoms with van der Waals surface area (Å²) in [5, 5.41) is 19.5. The molecule has 0 aliphatic rings. The molecule has 0 spiro atoms. The molecule has 0 bridgehead atoms. The van der Waals surface area contributed by atoms with Gasteiger partial charge in [0.05, 0.1) is 17.9 Å². The largest absolute Gasteiger partial charge is 0.494 e. The van der Waals surface area contributed by atoms with Crippen LogP contribution in [0.1, 0.15) is 18.9 Å². The lowest BCUT2D eigenvalue weighted by atomic mass is 10.2. The molecular formula is C12H12N2O4. The van der Waals surface area contributed by atoms with Crippen molar-refractivity contribution in [3.05, 3.63) is 23.8 Å². The van der Waals surface area contributed by atoms with Gasteiger partial charge in [0.2, 0.25) is 0 Å². The number of aliphatic carboxylic acids is 1. The second kappa shape index (κ2) is 6.25. The Morgan fingerprint density at radius 3 is 2.78 bits per heavy atom. The van der Waals surface area contributed by atoms with Crippen molar-refractivity contribution < 1.29 is 19.4 Å². The van der Waals surface area contributed by atoms with Crippen LogP contribution < -0.4 is 10.1 Å². The molecule has 0 heterocycles. The standard InChI is InChI=1S/C12H12N2O4/c1-2-5-18-9-4-3-8(7-13)10(6-9)14-11(15)12(16)17/h3-4,6H,2,5H2,1H3,(H,14,15)(H,16,17). The van der Waals surface area contributed by atoms with E-state index in [2.05, 4.69) is 5.32 Å². The number of benzene rings is 1. The van der Waals surface area contributed by atoms with Gasteiger partial charge >= 0.3 is 11.9 Å². The highest BCUT2D eigenvalue weighted by atomic mass is 16.5. The molecule has 94 valence electrons. The van der Waals surface area contributed by atoms with E-state index in [-0.39, 0.29) is 11.3 Å². The van der Waals surface area contributed by atoms with Crippen LogP contribution in [-0.2, 0) is 9.59 Å². The summed E-state index contributed by atoms with van der Waals surface area (Å²) in [7, 11) is 0. The molecule has 1 aromatic rings. The number of nitrogens with zero attached hydrogens (tertiary/aromatic N) is 1. The topological polar surface area (TPSA) is 99.4 Å².